The summed E-state index contributed by atoms with van der Waals surface area (Å²) < 4.78 is 6.09. The third-order valence-electron chi connectivity index (χ3n) is 2.46. The Balaban J connectivity index is 3.09. The van der Waals surface area contributed by atoms with Crippen LogP contribution < -0.4 is 0 Å². The number of hydrogen-bond donors (Lipinski definition) is 0. The van der Waals surface area contributed by atoms with Crippen LogP contribution in [0.4, 0.5) is 0 Å². The summed E-state index contributed by atoms with van der Waals surface area (Å²) in [5, 5.41) is 8.94. The highest BCUT2D eigenvalue weighted by Gasteiger charge is 2.28. The second-order valence-electron chi connectivity index (χ2n) is 5.51. The first-order valence-electron chi connectivity index (χ1n) is 5.81. The first kappa shape index (κ1) is 13.9. The van der Waals surface area contributed by atoms with Gasteiger partial charge in [0.15, 0.2) is 0 Å². The summed E-state index contributed by atoms with van der Waals surface area (Å²) in [4.78, 5) is 0. The van der Waals surface area contributed by atoms with E-state index in [0.717, 1.165) is 5.56 Å². The molecular weight excluding hydrogens is 226 g/mol. The SMILES string of the molecule is C[Si](C)OC(c1cccc(C#N)c1)C(C)(C)C. The van der Waals surface area contributed by atoms with Crippen LogP contribution in [0.2, 0.25) is 13.1 Å². The van der Waals surface area contributed by atoms with Crippen molar-refractivity contribution in [3.8, 4) is 6.07 Å². The lowest BCUT2D eigenvalue weighted by Gasteiger charge is -2.32. The minimum atomic E-state index is -0.765. The summed E-state index contributed by atoms with van der Waals surface area (Å²) in [6, 6.07) is 9.90. The second kappa shape index (κ2) is 5.48. The van der Waals surface area contributed by atoms with Crippen LogP contribution in [-0.2, 0) is 4.43 Å². The van der Waals surface area contributed by atoms with Gasteiger partial charge in [0.2, 0.25) is 9.04 Å². The molecule has 1 aromatic carbocycles. The quantitative estimate of drug-likeness (QED) is 0.757. The van der Waals surface area contributed by atoms with Gasteiger partial charge in [-0.25, -0.2) is 0 Å². The Morgan fingerprint density at radius 3 is 2.41 bits per heavy atom. The Morgan fingerprint density at radius 1 is 1.29 bits per heavy atom. The van der Waals surface area contributed by atoms with Crippen molar-refractivity contribution < 1.29 is 4.43 Å². The molecule has 0 saturated carbocycles. The van der Waals surface area contributed by atoms with Gasteiger partial charge in [-0.1, -0.05) is 32.9 Å². The second-order valence-corrected chi connectivity index (χ2v) is 7.56. The molecule has 1 rings (SSSR count). The zero-order valence-electron chi connectivity index (χ0n) is 11.2. The summed E-state index contributed by atoms with van der Waals surface area (Å²) in [7, 11) is -0.765. The van der Waals surface area contributed by atoms with E-state index in [1.165, 1.54) is 0 Å². The van der Waals surface area contributed by atoms with Gasteiger partial charge in [0.05, 0.1) is 17.7 Å². The molecule has 0 bridgehead atoms. The van der Waals surface area contributed by atoms with Crippen molar-refractivity contribution in [2.75, 3.05) is 0 Å². The van der Waals surface area contributed by atoms with Crippen LogP contribution in [0.3, 0.4) is 0 Å². The average molecular weight is 246 g/mol. The van der Waals surface area contributed by atoms with Gasteiger partial charge in [-0.2, -0.15) is 5.26 Å². The van der Waals surface area contributed by atoms with E-state index in [-0.39, 0.29) is 11.5 Å². The fraction of sp³-hybridized carbons (Fsp3) is 0.500. The maximum Gasteiger partial charge on any atom is 0.205 e. The number of rotatable bonds is 3. The molecule has 0 aromatic heterocycles. The highest BCUT2D eigenvalue weighted by Crippen LogP contribution is 2.36. The molecule has 0 heterocycles. The van der Waals surface area contributed by atoms with Gasteiger partial charge in [0.1, 0.15) is 0 Å². The van der Waals surface area contributed by atoms with E-state index in [1.807, 2.05) is 24.3 Å². The van der Waals surface area contributed by atoms with E-state index in [0.29, 0.717) is 5.56 Å². The molecule has 0 aliphatic heterocycles. The van der Waals surface area contributed by atoms with Crippen molar-refractivity contribution in [1.82, 2.24) is 0 Å². The molecule has 0 fully saturated rings. The van der Waals surface area contributed by atoms with E-state index < -0.39 is 9.04 Å². The summed E-state index contributed by atoms with van der Waals surface area (Å²) in [5.74, 6) is 0. The van der Waals surface area contributed by atoms with Gasteiger partial charge < -0.3 is 4.43 Å². The molecule has 91 valence electrons. The monoisotopic (exact) mass is 246 g/mol. The van der Waals surface area contributed by atoms with Crippen molar-refractivity contribution in [2.24, 2.45) is 5.41 Å². The fourth-order valence-electron chi connectivity index (χ4n) is 1.75. The molecule has 0 saturated heterocycles. The lowest BCUT2D eigenvalue weighted by molar-refractivity contribution is 0.0866. The standard InChI is InChI=1S/C14H20NOSi/c1-14(2,3)13(16-17(4)5)12-8-6-7-11(9-12)10-15/h6-9,13H,1-5H3. The highest BCUT2D eigenvalue weighted by molar-refractivity contribution is 6.48. The molecule has 1 unspecified atom stereocenters. The molecule has 3 heteroatoms. The third kappa shape index (κ3) is 3.99. The third-order valence-corrected chi connectivity index (χ3v) is 3.17. The van der Waals surface area contributed by atoms with Crippen molar-refractivity contribution in [3.05, 3.63) is 35.4 Å². The molecule has 0 spiro atoms. The van der Waals surface area contributed by atoms with Crippen LogP contribution in [-0.4, -0.2) is 9.04 Å². The van der Waals surface area contributed by atoms with Crippen LogP contribution in [0.1, 0.15) is 38.0 Å². The van der Waals surface area contributed by atoms with Crippen molar-refractivity contribution in [3.63, 3.8) is 0 Å². The molecule has 1 atom stereocenters. The minimum absolute atomic E-state index is 0.0377. The van der Waals surface area contributed by atoms with Crippen LogP contribution in [0.15, 0.2) is 24.3 Å². The molecule has 0 amide bonds. The van der Waals surface area contributed by atoms with Crippen LogP contribution >= 0.6 is 0 Å². The Morgan fingerprint density at radius 2 is 1.94 bits per heavy atom. The van der Waals surface area contributed by atoms with Gasteiger partial charge in [-0.3, -0.25) is 0 Å². The van der Waals surface area contributed by atoms with Gasteiger partial charge in [0, 0.05) is 0 Å². The Labute approximate surface area is 106 Å². The summed E-state index contributed by atoms with van der Waals surface area (Å²) in [6.45, 7) is 10.8. The number of hydrogen-bond acceptors (Lipinski definition) is 2. The van der Waals surface area contributed by atoms with E-state index in [2.05, 4.69) is 39.9 Å². The van der Waals surface area contributed by atoms with Crippen LogP contribution in [0, 0.1) is 16.7 Å². The Kier molecular flexibility index (Phi) is 4.50. The van der Waals surface area contributed by atoms with Crippen molar-refractivity contribution in [2.45, 2.75) is 40.0 Å². The smallest absolute Gasteiger partial charge is 0.205 e. The average Bonchev–Trinajstić information content (AvgIpc) is 2.24. The molecule has 0 aliphatic rings. The maximum atomic E-state index is 8.94. The summed E-state index contributed by atoms with van der Waals surface area (Å²) in [5.41, 5.74) is 1.83. The largest absolute Gasteiger partial charge is 0.410 e. The molecule has 0 N–H and O–H groups in total. The fourth-order valence-corrected chi connectivity index (χ4v) is 2.71. The van der Waals surface area contributed by atoms with Gasteiger partial charge in [-0.15, -0.1) is 0 Å². The molecule has 1 radical (unpaired) electrons. The normalized spacial score (nSPS) is 13.5. The molecule has 2 nitrogen and oxygen atoms in total. The van der Waals surface area contributed by atoms with Gasteiger partial charge in [-0.05, 0) is 36.2 Å². The highest BCUT2D eigenvalue weighted by atomic mass is 28.3. The van der Waals surface area contributed by atoms with E-state index in [4.69, 9.17) is 9.69 Å². The predicted molar refractivity (Wildman–Crippen MR) is 71.9 cm³/mol. The van der Waals surface area contributed by atoms with E-state index in [9.17, 15) is 0 Å². The summed E-state index contributed by atoms with van der Waals surface area (Å²) in [6.07, 6.45) is 0.0553. The minimum Gasteiger partial charge on any atom is -0.410 e. The van der Waals surface area contributed by atoms with Crippen molar-refractivity contribution >= 4 is 9.04 Å². The predicted octanol–water partition coefficient (Wildman–Crippen LogP) is 3.91. The topological polar surface area (TPSA) is 33.0 Å². The lowest BCUT2D eigenvalue weighted by Crippen LogP contribution is -2.25. The number of nitriles is 1. The first-order valence-corrected chi connectivity index (χ1v) is 8.22. The maximum absolute atomic E-state index is 8.94. The Hall–Kier alpha value is -1.11. The van der Waals surface area contributed by atoms with Crippen molar-refractivity contribution in [1.29, 1.82) is 5.26 Å². The zero-order valence-corrected chi connectivity index (χ0v) is 12.2. The van der Waals surface area contributed by atoms with Crippen LogP contribution in [0.25, 0.3) is 0 Å². The molecule has 1 aromatic rings. The van der Waals surface area contributed by atoms with E-state index in [1.54, 1.807) is 0 Å². The van der Waals surface area contributed by atoms with Gasteiger partial charge in [0.25, 0.3) is 0 Å². The Bertz CT molecular complexity index is 415. The number of nitrogens with zero attached hydrogens (tertiary/aromatic N) is 1. The zero-order chi connectivity index (χ0) is 13.1. The van der Waals surface area contributed by atoms with E-state index >= 15 is 0 Å². The molecule has 0 aliphatic carbocycles. The lowest BCUT2D eigenvalue weighted by atomic mass is 9.84. The summed E-state index contributed by atoms with van der Waals surface area (Å²) >= 11 is 0. The number of benzene rings is 1. The first-order chi connectivity index (χ1) is 7.84. The molecular formula is C14H20NOSi. The molecule has 17 heavy (non-hydrogen) atoms. The van der Waals surface area contributed by atoms with Crippen LogP contribution in [0.5, 0.6) is 0 Å². The van der Waals surface area contributed by atoms with Gasteiger partial charge >= 0.3 is 0 Å².